The highest BCUT2D eigenvalue weighted by molar-refractivity contribution is 9.11. The highest BCUT2D eigenvalue weighted by atomic mass is 79.9. The SMILES string of the molecule is CCOP(=O)(OCC)C(c1ccc(O)cc1)N1CCc2sc(Br)cc2C1. The summed E-state index contributed by atoms with van der Waals surface area (Å²) in [6.45, 7) is 5.74. The van der Waals surface area contributed by atoms with E-state index in [1.165, 1.54) is 10.4 Å². The minimum atomic E-state index is -3.40. The molecule has 0 bridgehead atoms. The fraction of sp³-hybridized carbons (Fsp3) is 0.444. The molecule has 0 fully saturated rings. The van der Waals surface area contributed by atoms with Gasteiger partial charge < -0.3 is 14.2 Å². The molecule has 1 aliphatic rings. The molecule has 0 radical (unpaired) electrons. The molecule has 0 amide bonds. The van der Waals surface area contributed by atoms with Gasteiger partial charge in [-0.3, -0.25) is 9.46 Å². The topological polar surface area (TPSA) is 59.0 Å². The number of phenols is 1. The van der Waals surface area contributed by atoms with Crippen molar-refractivity contribution in [2.45, 2.75) is 32.6 Å². The van der Waals surface area contributed by atoms with Gasteiger partial charge in [0.15, 0.2) is 0 Å². The van der Waals surface area contributed by atoms with Crippen molar-refractivity contribution in [3.63, 3.8) is 0 Å². The van der Waals surface area contributed by atoms with E-state index in [-0.39, 0.29) is 5.75 Å². The molecule has 142 valence electrons. The number of phenolic OH excluding ortho intramolecular Hbond substituents is 1. The van der Waals surface area contributed by atoms with Gasteiger partial charge in [-0.1, -0.05) is 12.1 Å². The van der Waals surface area contributed by atoms with Crippen molar-refractivity contribution in [2.24, 2.45) is 0 Å². The largest absolute Gasteiger partial charge is 0.508 e. The van der Waals surface area contributed by atoms with E-state index < -0.39 is 13.4 Å². The molecule has 1 aromatic heterocycles. The van der Waals surface area contributed by atoms with Gasteiger partial charge in [-0.25, -0.2) is 0 Å². The Morgan fingerprint density at radius 2 is 1.92 bits per heavy atom. The average molecular weight is 460 g/mol. The van der Waals surface area contributed by atoms with E-state index in [4.69, 9.17) is 9.05 Å². The Kier molecular flexibility index (Phi) is 6.59. The van der Waals surface area contributed by atoms with Crippen molar-refractivity contribution in [2.75, 3.05) is 19.8 Å². The van der Waals surface area contributed by atoms with Gasteiger partial charge in [0, 0.05) is 18.0 Å². The third-order valence-corrected chi connectivity index (χ3v) is 8.52. The molecule has 3 rings (SSSR count). The summed E-state index contributed by atoms with van der Waals surface area (Å²) >= 11 is 5.31. The van der Waals surface area contributed by atoms with E-state index in [1.54, 1.807) is 35.6 Å². The van der Waals surface area contributed by atoms with Gasteiger partial charge in [-0.05, 0) is 65.5 Å². The smallest absolute Gasteiger partial charge is 0.352 e. The Labute approximate surface area is 166 Å². The summed E-state index contributed by atoms with van der Waals surface area (Å²) in [4.78, 5) is 3.53. The molecule has 26 heavy (non-hydrogen) atoms. The molecule has 2 heterocycles. The van der Waals surface area contributed by atoms with Gasteiger partial charge in [0.1, 0.15) is 11.5 Å². The highest BCUT2D eigenvalue weighted by Crippen LogP contribution is 2.63. The van der Waals surface area contributed by atoms with Gasteiger partial charge in [0.25, 0.3) is 0 Å². The van der Waals surface area contributed by atoms with Crippen LogP contribution in [0.2, 0.25) is 0 Å². The number of rotatable bonds is 7. The van der Waals surface area contributed by atoms with Crippen LogP contribution in [-0.4, -0.2) is 29.8 Å². The van der Waals surface area contributed by atoms with Crippen molar-refractivity contribution < 1.29 is 18.7 Å². The number of halogens is 1. The number of hydrogen-bond donors (Lipinski definition) is 1. The van der Waals surface area contributed by atoms with Crippen LogP contribution >= 0.6 is 34.9 Å². The lowest BCUT2D eigenvalue weighted by Crippen LogP contribution is -2.34. The van der Waals surface area contributed by atoms with Crippen LogP contribution in [0.25, 0.3) is 0 Å². The Balaban J connectivity index is 2.00. The van der Waals surface area contributed by atoms with E-state index in [0.29, 0.717) is 19.8 Å². The lowest BCUT2D eigenvalue weighted by molar-refractivity contribution is 0.155. The molecular weight excluding hydrogens is 437 g/mol. The number of fused-ring (bicyclic) bond motifs is 1. The Morgan fingerprint density at radius 1 is 1.27 bits per heavy atom. The van der Waals surface area contributed by atoms with Crippen LogP contribution in [0.15, 0.2) is 34.1 Å². The van der Waals surface area contributed by atoms with Crippen molar-refractivity contribution in [3.8, 4) is 5.75 Å². The summed E-state index contributed by atoms with van der Waals surface area (Å²) in [5.41, 5.74) is 2.07. The van der Waals surface area contributed by atoms with Crippen LogP contribution in [0.4, 0.5) is 0 Å². The minimum absolute atomic E-state index is 0.179. The molecule has 0 saturated heterocycles. The lowest BCUT2D eigenvalue weighted by atomic mass is 10.1. The van der Waals surface area contributed by atoms with Crippen molar-refractivity contribution in [1.82, 2.24) is 4.90 Å². The maximum Gasteiger partial charge on any atom is 0.352 e. The molecule has 0 saturated carbocycles. The summed E-state index contributed by atoms with van der Waals surface area (Å²) < 4.78 is 26.1. The Morgan fingerprint density at radius 3 is 2.54 bits per heavy atom. The summed E-state index contributed by atoms with van der Waals surface area (Å²) in [5.74, 6) is -0.326. The second kappa shape index (κ2) is 8.55. The van der Waals surface area contributed by atoms with E-state index in [0.717, 1.165) is 22.3 Å². The third-order valence-electron chi connectivity index (χ3n) is 4.32. The third kappa shape index (κ3) is 4.24. The van der Waals surface area contributed by atoms with Crippen molar-refractivity contribution in [1.29, 1.82) is 0 Å². The van der Waals surface area contributed by atoms with Crippen molar-refractivity contribution in [3.05, 3.63) is 50.1 Å². The van der Waals surface area contributed by atoms with E-state index >= 15 is 0 Å². The minimum Gasteiger partial charge on any atom is -0.508 e. The van der Waals surface area contributed by atoms with Gasteiger partial charge in [-0.2, -0.15) is 0 Å². The summed E-state index contributed by atoms with van der Waals surface area (Å²) in [6, 6.07) is 8.95. The molecular formula is C18H23BrNO4PS. The first-order valence-corrected chi connectivity index (χ1v) is 11.9. The monoisotopic (exact) mass is 459 g/mol. The standard InChI is InChI=1S/C18H23BrNO4PS/c1-3-23-25(22,24-4-2)18(13-5-7-15(21)8-6-13)20-10-9-16-14(12-20)11-17(19)26-16/h5-8,11,18,21H,3-4,9-10,12H2,1-2H3. The number of nitrogens with zero attached hydrogens (tertiary/aromatic N) is 1. The van der Waals surface area contributed by atoms with E-state index in [1.807, 2.05) is 13.8 Å². The predicted octanol–water partition coefficient (Wildman–Crippen LogP) is 5.54. The van der Waals surface area contributed by atoms with Gasteiger partial charge in [0.05, 0.1) is 17.0 Å². The number of aromatic hydroxyl groups is 1. The highest BCUT2D eigenvalue weighted by Gasteiger charge is 2.42. The second-order valence-corrected chi connectivity index (χ2v) is 10.7. The fourth-order valence-corrected chi connectivity index (χ4v) is 7.26. The van der Waals surface area contributed by atoms with Crippen LogP contribution in [0.1, 0.15) is 35.6 Å². The lowest BCUT2D eigenvalue weighted by Gasteiger charge is -2.38. The number of thiophene rings is 1. The van der Waals surface area contributed by atoms with Crippen molar-refractivity contribution >= 4 is 34.9 Å². The average Bonchev–Trinajstić information content (AvgIpc) is 2.96. The molecule has 5 nitrogen and oxygen atoms in total. The molecule has 8 heteroatoms. The van der Waals surface area contributed by atoms with Crippen LogP contribution < -0.4 is 0 Å². The van der Waals surface area contributed by atoms with Crippen LogP contribution in [0.5, 0.6) is 5.75 Å². The van der Waals surface area contributed by atoms with Crippen LogP contribution in [0.3, 0.4) is 0 Å². The zero-order valence-corrected chi connectivity index (χ0v) is 18.1. The molecule has 1 aliphatic heterocycles. The zero-order valence-electron chi connectivity index (χ0n) is 14.9. The van der Waals surface area contributed by atoms with Crippen LogP contribution in [0, 0.1) is 0 Å². The number of hydrogen-bond acceptors (Lipinski definition) is 6. The summed E-state index contributed by atoms with van der Waals surface area (Å²) in [6.07, 6.45) is 0.901. The Bertz CT molecular complexity index is 785. The van der Waals surface area contributed by atoms with Gasteiger partial charge in [0.2, 0.25) is 0 Å². The Hall–Kier alpha value is -0.690. The first-order chi connectivity index (χ1) is 12.5. The van der Waals surface area contributed by atoms with E-state index in [2.05, 4.69) is 26.9 Å². The summed E-state index contributed by atoms with van der Waals surface area (Å²) in [5, 5.41) is 9.64. The molecule has 1 atom stereocenters. The molecule has 0 aliphatic carbocycles. The second-order valence-electron chi connectivity index (χ2n) is 6.06. The summed E-state index contributed by atoms with van der Waals surface area (Å²) in [7, 11) is -3.40. The van der Waals surface area contributed by atoms with Gasteiger partial charge >= 0.3 is 7.60 Å². The molecule has 1 N–H and O–H groups in total. The molecule has 2 aromatic rings. The zero-order chi connectivity index (χ0) is 18.7. The normalized spacial score (nSPS) is 16.4. The van der Waals surface area contributed by atoms with Crippen LogP contribution in [-0.2, 0) is 26.6 Å². The predicted molar refractivity (Wildman–Crippen MR) is 108 cm³/mol. The molecule has 0 spiro atoms. The first-order valence-electron chi connectivity index (χ1n) is 8.65. The first kappa shape index (κ1) is 20.1. The maximum absolute atomic E-state index is 13.7. The number of benzene rings is 1. The quantitative estimate of drug-likeness (QED) is 0.550. The van der Waals surface area contributed by atoms with E-state index in [9.17, 15) is 9.67 Å². The van der Waals surface area contributed by atoms with Gasteiger partial charge in [-0.15, -0.1) is 11.3 Å². The molecule has 1 unspecified atom stereocenters. The fourth-order valence-electron chi connectivity index (χ4n) is 3.31. The maximum atomic E-state index is 13.7. The molecule has 1 aromatic carbocycles.